The van der Waals surface area contributed by atoms with Gasteiger partial charge in [0.1, 0.15) is 11.4 Å². The van der Waals surface area contributed by atoms with Crippen LogP contribution in [0, 0.1) is 0 Å². The number of nitrogens with one attached hydrogen (secondary N) is 3. The Labute approximate surface area is 165 Å². The molecule has 0 saturated carbocycles. The molecule has 0 radical (unpaired) electrons. The number of rotatable bonds is 3. The second-order valence-electron chi connectivity index (χ2n) is 6.68. The number of hydrogen-bond acceptors (Lipinski definition) is 3. The number of nitrogens with zero attached hydrogens (tertiary/aromatic N) is 1. The predicted octanol–water partition coefficient (Wildman–Crippen LogP) is 4.32. The van der Waals surface area contributed by atoms with Crippen LogP contribution >= 0.6 is 0 Å². The van der Waals surface area contributed by atoms with E-state index in [2.05, 4.69) is 20.3 Å². The van der Waals surface area contributed by atoms with Crippen molar-refractivity contribution in [3.8, 4) is 11.4 Å². The number of pyridine rings is 1. The van der Waals surface area contributed by atoms with Crippen molar-refractivity contribution in [1.29, 1.82) is 0 Å². The van der Waals surface area contributed by atoms with Crippen molar-refractivity contribution >= 4 is 33.5 Å². The van der Waals surface area contributed by atoms with Crippen LogP contribution in [-0.2, 0) is 0 Å². The number of aromatic nitrogens is 3. The second kappa shape index (κ2) is 6.76. The molecule has 2 aromatic heterocycles. The molecule has 140 valence electrons. The molecule has 0 unspecified atom stereocenters. The largest absolute Gasteiger partial charge is 0.360 e. The van der Waals surface area contributed by atoms with Crippen LogP contribution in [0.2, 0.25) is 0 Å². The number of carbonyl (C=O) groups excluding carboxylic acids is 1. The molecule has 0 aliphatic carbocycles. The first kappa shape index (κ1) is 16.9. The van der Waals surface area contributed by atoms with E-state index in [0.29, 0.717) is 22.4 Å². The van der Waals surface area contributed by atoms with Crippen molar-refractivity contribution in [2.24, 2.45) is 0 Å². The molecular formula is C23H16N4O2. The van der Waals surface area contributed by atoms with E-state index in [1.165, 1.54) is 6.20 Å². The number of para-hydroxylation sites is 4. The number of imidazole rings is 1. The molecule has 5 aromatic rings. The number of amides is 1. The molecule has 0 fully saturated rings. The third-order valence-electron chi connectivity index (χ3n) is 4.85. The molecule has 0 aliphatic rings. The Morgan fingerprint density at radius 2 is 1.59 bits per heavy atom. The summed E-state index contributed by atoms with van der Waals surface area (Å²) in [5, 5.41) is 3.33. The fraction of sp³-hybridized carbons (Fsp3) is 0. The summed E-state index contributed by atoms with van der Waals surface area (Å²) < 4.78 is 0. The van der Waals surface area contributed by atoms with E-state index in [9.17, 15) is 9.59 Å². The Hall–Kier alpha value is -4.19. The lowest BCUT2D eigenvalue weighted by Gasteiger charge is -2.09. The summed E-state index contributed by atoms with van der Waals surface area (Å²) in [6.07, 6.45) is 1.45. The maximum absolute atomic E-state index is 12.9. The summed E-state index contributed by atoms with van der Waals surface area (Å²) in [4.78, 5) is 36.5. The zero-order valence-corrected chi connectivity index (χ0v) is 15.3. The Morgan fingerprint density at radius 3 is 2.45 bits per heavy atom. The minimum atomic E-state index is -0.472. The fourth-order valence-corrected chi connectivity index (χ4v) is 3.40. The number of carbonyl (C=O) groups is 1. The number of anilines is 1. The Bertz CT molecular complexity index is 1400. The van der Waals surface area contributed by atoms with E-state index < -0.39 is 5.91 Å². The van der Waals surface area contributed by atoms with Gasteiger partial charge in [-0.05, 0) is 36.4 Å². The van der Waals surface area contributed by atoms with Gasteiger partial charge in [0.15, 0.2) is 0 Å². The van der Waals surface area contributed by atoms with Gasteiger partial charge >= 0.3 is 0 Å². The molecule has 0 spiro atoms. The normalized spacial score (nSPS) is 11.0. The zero-order valence-electron chi connectivity index (χ0n) is 15.3. The summed E-state index contributed by atoms with van der Waals surface area (Å²) in [5.74, 6) is 0.176. The maximum atomic E-state index is 12.9. The van der Waals surface area contributed by atoms with Gasteiger partial charge in [0.05, 0.1) is 16.7 Å². The highest BCUT2D eigenvalue weighted by Crippen LogP contribution is 2.27. The van der Waals surface area contributed by atoms with E-state index in [0.717, 1.165) is 16.6 Å². The fourth-order valence-electron chi connectivity index (χ4n) is 3.40. The highest BCUT2D eigenvalue weighted by molar-refractivity contribution is 6.07. The van der Waals surface area contributed by atoms with Gasteiger partial charge < -0.3 is 15.3 Å². The van der Waals surface area contributed by atoms with Gasteiger partial charge in [-0.1, -0.05) is 36.4 Å². The SMILES string of the molecule is O=C(Nc1ccccc1-c1nc2ccccc2[nH]1)c1c[nH]c2ccccc2c1=O. The summed E-state index contributed by atoms with van der Waals surface area (Å²) in [5.41, 5.74) is 3.51. The van der Waals surface area contributed by atoms with Gasteiger partial charge in [0, 0.05) is 22.7 Å². The molecule has 2 heterocycles. The molecule has 1 amide bonds. The number of fused-ring (bicyclic) bond motifs is 2. The smallest absolute Gasteiger partial charge is 0.261 e. The average molecular weight is 380 g/mol. The van der Waals surface area contributed by atoms with E-state index >= 15 is 0 Å². The van der Waals surface area contributed by atoms with Crippen molar-refractivity contribution < 1.29 is 4.79 Å². The van der Waals surface area contributed by atoms with Crippen LogP contribution in [0.5, 0.6) is 0 Å². The van der Waals surface area contributed by atoms with Crippen LogP contribution in [0.4, 0.5) is 5.69 Å². The molecule has 0 atom stereocenters. The van der Waals surface area contributed by atoms with Gasteiger partial charge in [-0.15, -0.1) is 0 Å². The second-order valence-corrected chi connectivity index (χ2v) is 6.68. The molecule has 5 rings (SSSR count). The first-order valence-corrected chi connectivity index (χ1v) is 9.16. The standard InChI is InChI=1S/C23H16N4O2/c28-21-14-7-1-3-9-17(14)24-13-16(21)23(29)27-18-10-4-2-8-15(18)22-25-19-11-5-6-12-20(19)26-22/h1-13H,(H,24,28)(H,25,26)(H,27,29). The monoisotopic (exact) mass is 380 g/mol. The minimum Gasteiger partial charge on any atom is -0.360 e. The van der Waals surface area contributed by atoms with Crippen molar-refractivity contribution in [2.75, 3.05) is 5.32 Å². The molecule has 3 aromatic carbocycles. The van der Waals surface area contributed by atoms with Gasteiger partial charge in [-0.25, -0.2) is 4.98 Å². The first-order chi connectivity index (χ1) is 14.2. The summed E-state index contributed by atoms with van der Waals surface area (Å²) >= 11 is 0. The molecule has 6 nitrogen and oxygen atoms in total. The van der Waals surface area contributed by atoms with Crippen LogP contribution in [-0.4, -0.2) is 20.9 Å². The van der Waals surface area contributed by atoms with Gasteiger partial charge in [0.2, 0.25) is 5.43 Å². The van der Waals surface area contributed by atoms with Gasteiger partial charge in [-0.2, -0.15) is 0 Å². The predicted molar refractivity (Wildman–Crippen MR) is 114 cm³/mol. The maximum Gasteiger partial charge on any atom is 0.261 e. The molecule has 0 saturated heterocycles. The van der Waals surface area contributed by atoms with Crippen molar-refractivity contribution in [1.82, 2.24) is 15.0 Å². The molecule has 0 bridgehead atoms. The van der Waals surface area contributed by atoms with Crippen molar-refractivity contribution in [3.05, 3.63) is 94.8 Å². The summed E-state index contributed by atoms with van der Waals surface area (Å²) in [7, 11) is 0. The highest BCUT2D eigenvalue weighted by Gasteiger charge is 2.16. The summed E-state index contributed by atoms with van der Waals surface area (Å²) in [6.45, 7) is 0. The third kappa shape index (κ3) is 2.96. The molecule has 6 heteroatoms. The number of H-pyrrole nitrogens is 2. The molecule has 0 aliphatic heterocycles. The van der Waals surface area contributed by atoms with Crippen LogP contribution in [0.3, 0.4) is 0 Å². The lowest BCUT2D eigenvalue weighted by atomic mass is 10.1. The lowest BCUT2D eigenvalue weighted by molar-refractivity contribution is 0.102. The quantitative estimate of drug-likeness (QED) is 0.435. The van der Waals surface area contributed by atoms with E-state index in [-0.39, 0.29) is 11.0 Å². The van der Waals surface area contributed by atoms with Crippen LogP contribution in [0.1, 0.15) is 10.4 Å². The van der Waals surface area contributed by atoms with Crippen LogP contribution in [0.25, 0.3) is 33.3 Å². The highest BCUT2D eigenvalue weighted by atomic mass is 16.2. The topological polar surface area (TPSA) is 90.6 Å². The van der Waals surface area contributed by atoms with E-state index in [1.807, 2.05) is 48.5 Å². The number of hydrogen-bond donors (Lipinski definition) is 3. The summed E-state index contributed by atoms with van der Waals surface area (Å²) in [6, 6.07) is 22.2. The third-order valence-corrected chi connectivity index (χ3v) is 4.85. The zero-order chi connectivity index (χ0) is 19.8. The van der Waals surface area contributed by atoms with Crippen molar-refractivity contribution in [2.45, 2.75) is 0 Å². The minimum absolute atomic E-state index is 0.0584. The number of aromatic amines is 2. The Morgan fingerprint density at radius 1 is 0.862 bits per heavy atom. The number of benzene rings is 3. The first-order valence-electron chi connectivity index (χ1n) is 9.16. The van der Waals surface area contributed by atoms with Gasteiger partial charge in [-0.3, -0.25) is 9.59 Å². The van der Waals surface area contributed by atoms with Gasteiger partial charge in [0.25, 0.3) is 5.91 Å². The Kier molecular flexibility index (Phi) is 3.95. The Balaban J connectivity index is 1.54. The molecular weight excluding hydrogens is 364 g/mol. The van der Waals surface area contributed by atoms with E-state index in [4.69, 9.17) is 0 Å². The molecule has 3 N–H and O–H groups in total. The van der Waals surface area contributed by atoms with Crippen LogP contribution in [0.15, 0.2) is 83.8 Å². The van der Waals surface area contributed by atoms with Crippen molar-refractivity contribution in [3.63, 3.8) is 0 Å². The molecule has 29 heavy (non-hydrogen) atoms. The van der Waals surface area contributed by atoms with Crippen LogP contribution < -0.4 is 10.7 Å². The lowest BCUT2D eigenvalue weighted by Crippen LogP contribution is -2.22. The average Bonchev–Trinajstić information content (AvgIpc) is 3.18. The van der Waals surface area contributed by atoms with E-state index in [1.54, 1.807) is 24.3 Å².